The average molecular weight is 380 g/mol. The van der Waals surface area contributed by atoms with Crippen molar-refractivity contribution in [3.8, 4) is 0 Å². The van der Waals surface area contributed by atoms with E-state index in [1.807, 2.05) is 30.3 Å². The summed E-state index contributed by atoms with van der Waals surface area (Å²) in [6.07, 6.45) is 0. The van der Waals surface area contributed by atoms with Crippen LogP contribution in [-0.4, -0.2) is 40.7 Å². The number of hydroxylamine groups is 2. The van der Waals surface area contributed by atoms with Gasteiger partial charge in [0.05, 0.1) is 11.1 Å². The molecule has 144 valence electrons. The minimum Gasteiger partial charge on any atom is -0.340 e. The van der Waals surface area contributed by atoms with Crippen molar-refractivity contribution in [1.82, 2.24) is 9.96 Å². The molecule has 0 aromatic heterocycles. The van der Waals surface area contributed by atoms with E-state index < -0.39 is 29.1 Å². The molecule has 2 aromatic carbocycles. The molecule has 0 spiro atoms. The highest BCUT2D eigenvalue weighted by Gasteiger charge is 2.45. The van der Waals surface area contributed by atoms with Crippen molar-refractivity contribution >= 4 is 23.7 Å². The Hall–Kier alpha value is -3.48. The number of imide groups is 1. The molecule has 0 atom stereocenters. The van der Waals surface area contributed by atoms with Crippen LogP contribution in [0, 0.1) is 5.41 Å². The molecule has 7 heteroatoms. The Kier molecular flexibility index (Phi) is 5.00. The molecule has 1 aliphatic heterocycles. The smallest absolute Gasteiger partial charge is 0.340 e. The molecular weight excluding hydrogens is 360 g/mol. The highest BCUT2D eigenvalue weighted by Crippen LogP contribution is 2.27. The topological polar surface area (TPSA) is 84.0 Å². The molecule has 0 unspecified atom stereocenters. The Morgan fingerprint density at radius 1 is 0.929 bits per heavy atom. The van der Waals surface area contributed by atoms with E-state index in [1.54, 1.807) is 19.2 Å². The van der Waals surface area contributed by atoms with Gasteiger partial charge in [-0.15, -0.1) is 0 Å². The van der Waals surface area contributed by atoms with Gasteiger partial charge in [-0.1, -0.05) is 47.5 Å². The molecule has 28 heavy (non-hydrogen) atoms. The number of amides is 3. The lowest BCUT2D eigenvalue weighted by Gasteiger charge is -2.28. The van der Waals surface area contributed by atoms with E-state index in [0.29, 0.717) is 11.6 Å². The molecule has 1 aliphatic rings. The number of hydrogen-bond acceptors (Lipinski definition) is 5. The second kappa shape index (κ2) is 7.26. The SMILES string of the molecule is CN(Cc1ccccc1)C(=O)C(C)(C)C(=O)ON1C(=O)c2ccccc2C1=O. The normalized spacial score (nSPS) is 13.3. The Bertz CT molecular complexity index is 917. The highest BCUT2D eigenvalue weighted by molar-refractivity contribution is 6.21. The fraction of sp³-hybridized carbons (Fsp3) is 0.238. The van der Waals surface area contributed by atoms with Gasteiger partial charge in [-0.3, -0.25) is 14.4 Å². The summed E-state index contributed by atoms with van der Waals surface area (Å²) in [5.74, 6) is -2.92. The molecule has 1 heterocycles. The number of nitrogens with zero attached hydrogens (tertiary/aromatic N) is 2. The average Bonchev–Trinajstić information content (AvgIpc) is 2.93. The lowest BCUT2D eigenvalue weighted by atomic mass is 9.92. The second-order valence-corrected chi connectivity index (χ2v) is 7.10. The number of hydrogen-bond donors (Lipinski definition) is 0. The van der Waals surface area contributed by atoms with E-state index in [4.69, 9.17) is 4.84 Å². The van der Waals surface area contributed by atoms with Crippen LogP contribution in [0.3, 0.4) is 0 Å². The van der Waals surface area contributed by atoms with Crippen molar-refractivity contribution in [2.45, 2.75) is 20.4 Å². The van der Waals surface area contributed by atoms with Gasteiger partial charge in [0.15, 0.2) is 0 Å². The van der Waals surface area contributed by atoms with Gasteiger partial charge in [0.25, 0.3) is 11.8 Å². The molecule has 0 N–H and O–H groups in total. The monoisotopic (exact) mass is 380 g/mol. The number of rotatable bonds is 5. The Labute approximate surface area is 162 Å². The van der Waals surface area contributed by atoms with Crippen molar-refractivity contribution in [3.05, 3.63) is 71.3 Å². The first-order valence-corrected chi connectivity index (χ1v) is 8.73. The minimum absolute atomic E-state index is 0.158. The summed E-state index contributed by atoms with van der Waals surface area (Å²) in [5.41, 5.74) is -0.363. The predicted molar refractivity (Wildman–Crippen MR) is 99.7 cm³/mol. The summed E-state index contributed by atoms with van der Waals surface area (Å²) in [5, 5.41) is 0.416. The van der Waals surface area contributed by atoms with Gasteiger partial charge in [-0.05, 0) is 31.5 Å². The van der Waals surface area contributed by atoms with Crippen LogP contribution in [0.15, 0.2) is 54.6 Å². The summed E-state index contributed by atoms with van der Waals surface area (Å²) in [4.78, 5) is 56.6. The van der Waals surface area contributed by atoms with Crippen LogP contribution in [0.5, 0.6) is 0 Å². The molecule has 7 nitrogen and oxygen atoms in total. The first-order chi connectivity index (χ1) is 13.2. The number of carbonyl (C=O) groups is 4. The predicted octanol–water partition coefficient (Wildman–Crippen LogP) is 2.43. The summed E-state index contributed by atoms with van der Waals surface area (Å²) in [6, 6.07) is 15.5. The summed E-state index contributed by atoms with van der Waals surface area (Å²) in [6.45, 7) is 3.11. The van der Waals surface area contributed by atoms with Crippen LogP contribution in [0.1, 0.15) is 40.1 Å². The van der Waals surface area contributed by atoms with Crippen LogP contribution < -0.4 is 0 Å². The van der Waals surface area contributed by atoms with Crippen LogP contribution >= 0.6 is 0 Å². The largest absolute Gasteiger partial charge is 0.348 e. The molecule has 0 saturated heterocycles. The third kappa shape index (κ3) is 3.38. The fourth-order valence-electron chi connectivity index (χ4n) is 2.94. The van der Waals surface area contributed by atoms with E-state index in [2.05, 4.69) is 0 Å². The number of fused-ring (bicyclic) bond motifs is 1. The number of carbonyl (C=O) groups excluding carboxylic acids is 4. The van der Waals surface area contributed by atoms with Crippen LogP contribution in [0.4, 0.5) is 0 Å². The third-order valence-corrected chi connectivity index (χ3v) is 4.59. The first kappa shape index (κ1) is 19.3. The molecule has 0 radical (unpaired) electrons. The molecule has 3 rings (SSSR count). The maximum Gasteiger partial charge on any atom is 0.348 e. The maximum absolute atomic E-state index is 12.8. The zero-order valence-corrected chi connectivity index (χ0v) is 15.8. The quantitative estimate of drug-likeness (QED) is 0.588. The minimum atomic E-state index is -1.58. The van der Waals surface area contributed by atoms with E-state index in [0.717, 1.165) is 5.56 Å². The van der Waals surface area contributed by atoms with Gasteiger partial charge in [0.2, 0.25) is 5.91 Å². The van der Waals surface area contributed by atoms with Crippen molar-refractivity contribution in [1.29, 1.82) is 0 Å². The van der Waals surface area contributed by atoms with Gasteiger partial charge < -0.3 is 9.74 Å². The first-order valence-electron chi connectivity index (χ1n) is 8.73. The molecule has 3 amide bonds. The second-order valence-electron chi connectivity index (χ2n) is 7.10. The van der Waals surface area contributed by atoms with Crippen molar-refractivity contribution in [3.63, 3.8) is 0 Å². The molecule has 0 aliphatic carbocycles. The Balaban J connectivity index is 1.72. The van der Waals surface area contributed by atoms with E-state index >= 15 is 0 Å². The van der Waals surface area contributed by atoms with Gasteiger partial charge in [0, 0.05) is 13.6 Å². The van der Waals surface area contributed by atoms with Crippen molar-refractivity contribution in [2.75, 3.05) is 7.05 Å². The fourth-order valence-corrected chi connectivity index (χ4v) is 2.94. The standard InChI is InChI=1S/C21H20N2O5/c1-21(2,19(26)22(3)13-14-9-5-4-6-10-14)20(27)28-23-17(24)15-11-7-8-12-16(15)18(23)25/h4-12H,13H2,1-3H3. The van der Waals surface area contributed by atoms with E-state index in [1.165, 1.54) is 30.9 Å². The van der Waals surface area contributed by atoms with Gasteiger partial charge in [0.1, 0.15) is 5.41 Å². The Morgan fingerprint density at radius 3 is 1.96 bits per heavy atom. The van der Waals surface area contributed by atoms with Crippen LogP contribution in [0.25, 0.3) is 0 Å². The lowest BCUT2D eigenvalue weighted by molar-refractivity contribution is -0.183. The molecular formula is C21H20N2O5. The van der Waals surface area contributed by atoms with Crippen molar-refractivity contribution in [2.24, 2.45) is 5.41 Å². The van der Waals surface area contributed by atoms with E-state index in [-0.39, 0.29) is 11.1 Å². The van der Waals surface area contributed by atoms with Crippen LogP contribution in [0.2, 0.25) is 0 Å². The van der Waals surface area contributed by atoms with Crippen molar-refractivity contribution < 1.29 is 24.0 Å². The van der Waals surface area contributed by atoms with Gasteiger partial charge in [-0.25, -0.2) is 4.79 Å². The number of benzene rings is 2. The summed E-state index contributed by atoms with van der Waals surface area (Å²) < 4.78 is 0. The highest BCUT2D eigenvalue weighted by atomic mass is 16.7. The zero-order valence-electron chi connectivity index (χ0n) is 15.8. The van der Waals surface area contributed by atoms with Gasteiger partial charge >= 0.3 is 5.97 Å². The molecule has 0 fully saturated rings. The molecule has 0 bridgehead atoms. The zero-order chi connectivity index (χ0) is 20.5. The summed E-state index contributed by atoms with van der Waals surface area (Å²) >= 11 is 0. The Morgan fingerprint density at radius 2 is 1.43 bits per heavy atom. The van der Waals surface area contributed by atoms with E-state index in [9.17, 15) is 19.2 Å². The molecule has 2 aromatic rings. The summed E-state index contributed by atoms with van der Waals surface area (Å²) in [7, 11) is 1.58. The van der Waals surface area contributed by atoms with Gasteiger partial charge in [-0.2, -0.15) is 0 Å². The third-order valence-electron chi connectivity index (χ3n) is 4.59. The molecule has 0 saturated carbocycles. The lowest BCUT2D eigenvalue weighted by Crippen LogP contribution is -2.46. The maximum atomic E-state index is 12.8. The van der Waals surface area contributed by atoms with Crippen LogP contribution in [-0.2, 0) is 21.0 Å².